The summed E-state index contributed by atoms with van der Waals surface area (Å²) in [6.07, 6.45) is 0. The van der Waals surface area contributed by atoms with Crippen molar-refractivity contribution in [1.29, 1.82) is 0 Å². The number of hydrogen-bond donors (Lipinski definition) is 1. The van der Waals surface area contributed by atoms with Crippen LogP contribution in [-0.4, -0.2) is 34.4 Å². The molecule has 25 heavy (non-hydrogen) atoms. The number of halogens is 2. The molecule has 134 valence electrons. The first kappa shape index (κ1) is 19.4. The van der Waals surface area contributed by atoms with Crippen LogP contribution in [-0.2, 0) is 4.74 Å². The van der Waals surface area contributed by atoms with E-state index >= 15 is 0 Å². The summed E-state index contributed by atoms with van der Waals surface area (Å²) < 4.78 is 22.2. The molecule has 2 rings (SSSR count). The first-order valence-electron chi connectivity index (χ1n) is 7.09. The van der Waals surface area contributed by atoms with Gasteiger partial charge in [-0.1, -0.05) is 0 Å². The SMILES string of the molecule is COC(=O)c1cc(OC)c(OC)cc1Nc1cc(Br)c(OC)c(Br)c1. The van der Waals surface area contributed by atoms with Crippen molar-refractivity contribution in [3.63, 3.8) is 0 Å². The zero-order chi connectivity index (χ0) is 18.6. The second kappa shape index (κ2) is 8.44. The van der Waals surface area contributed by atoms with Crippen LogP contribution in [0.1, 0.15) is 10.4 Å². The largest absolute Gasteiger partial charge is 0.494 e. The molecule has 0 unspecified atom stereocenters. The van der Waals surface area contributed by atoms with E-state index in [0.29, 0.717) is 28.5 Å². The Kier molecular flexibility index (Phi) is 6.55. The molecule has 2 aromatic rings. The summed E-state index contributed by atoms with van der Waals surface area (Å²) in [4.78, 5) is 12.1. The number of benzene rings is 2. The van der Waals surface area contributed by atoms with Gasteiger partial charge in [-0.05, 0) is 44.0 Å². The maximum Gasteiger partial charge on any atom is 0.340 e. The molecule has 0 atom stereocenters. The maximum absolute atomic E-state index is 12.1. The van der Waals surface area contributed by atoms with Crippen molar-refractivity contribution >= 4 is 49.2 Å². The fourth-order valence-corrected chi connectivity index (χ4v) is 3.75. The summed E-state index contributed by atoms with van der Waals surface area (Å²) in [5.74, 6) is 1.11. The van der Waals surface area contributed by atoms with Gasteiger partial charge in [0.25, 0.3) is 0 Å². The molecule has 0 fully saturated rings. The van der Waals surface area contributed by atoms with Gasteiger partial charge in [-0.2, -0.15) is 0 Å². The van der Waals surface area contributed by atoms with Crippen molar-refractivity contribution in [2.24, 2.45) is 0 Å². The molecule has 0 radical (unpaired) electrons. The lowest BCUT2D eigenvalue weighted by atomic mass is 10.1. The molecule has 0 amide bonds. The third-order valence-electron chi connectivity index (χ3n) is 3.41. The van der Waals surface area contributed by atoms with E-state index in [1.807, 2.05) is 12.1 Å². The van der Waals surface area contributed by atoms with Crippen LogP contribution in [0.4, 0.5) is 11.4 Å². The third kappa shape index (κ3) is 4.19. The Hall–Kier alpha value is -1.93. The Labute approximate surface area is 162 Å². The minimum atomic E-state index is -0.491. The van der Waals surface area contributed by atoms with Crippen molar-refractivity contribution in [1.82, 2.24) is 0 Å². The van der Waals surface area contributed by atoms with E-state index in [0.717, 1.165) is 14.6 Å². The smallest absolute Gasteiger partial charge is 0.340 e. The molecular formula is C17H17Br2NO5. The zero-order valence-electron chi connectivity index (χ0n) is 14.1. The van der Waals surface area contributed by atoms with Crippen molar-refractivity contribution < 1.29 is 23.7 Å². The number of ether oxygens (including phenoxy) is 4. The first-order valence-corrected chi connectivity index (χ1v) is 8.68. The molecule has 0 aliphatic carbocycles. The summed E-state index contributed by atoms with van der Waals surface area (Å²) in [7, 11) is 5.94. The van der Waals surface area contributed by atoms with Gasteiger partial charge in [-0.25, -0.2) is 4.79 Å². The predicted molar refractivity (Wildman–Crippen MR) is 103 cm³/mol. The fraction of sp³-hybridized carbons (Fsp3) is 0.235. The van der Waals surface area contributed by atoms with Gasteiger partial charge < -0.3 is 24.3 Å². The maximum atomic E-state index is 12.1. The predicted octanol–water partition coefficient (Wildman–Crippen LogP) is 4.77. The number of esters is 1. The van der Waals surface area contributed by atoms with Crippen LogP contribution in [0.15, 0.2) is 33.2 Å². The lowest BCUT2D eigenvalue weighted by Crippen LogP contribution is -2.07. The zero-order valence-corrected chi connectivity index (χ0v) is 17.3. The van der Waals surface area contributed by atoms with E-state index in [1.165, 1.54) is 21.3 Å². The third-order valence-corrected chi connectivity index (χ3v) is 4.59. The second-order valence-electron chi connectivity index (χ2n) is 4.84. The average molecular weight is 475 g/mol. The van der Waals surface area contributed by atoms with Crippen molar-refractivity contribution in [2.45, 2.75) is 0 Å². The highest BCUT2D eigenvalue weighted by Crippen LogP contribution is 2.39. The molecule has 1 N–H and O–H groups in total. The van der Waals surface area contributed by atoms with Gasteiger partial charge in [-0.3, -0.25) is 0 Å². The standard InChI is InChI=1S/C17H17Br2NO5/c1-22-14-7-10(17(21)25-4)13(8-15(14)23-2)20-9-5-11(18)16(24-3)12(19)6-9/h5-8,20H,1-4H3. The molecule has 0 aliphatic rings. The molecule has 2 aromatic carbocycles. The van der Waals surface area contributed by atoms with Crippen LogP contribution in [0, 0.1) is 0 Å². The Morgan fingerprint density at radius 2 is 1.44 bits per heavy atom. The highest BCUT2D eigenvalue weighted by molar-refractivity contribution is 9.11. The van der Waals surface area contributed by atoms with Crippen molar-refractivity contribution in [3.8, 4) is 17.2 Å². The van der Waals surface area contributed by atoms with Gasteiger partial charge in [0.15, 0.2) is 11.5 Å². The van der Waals surface area contributed by atoms with E-state index in [4.69, 9.17) is 18.9 Å². The summed E-state index contributed by atoms with van der Waals surface area (Å²) in [6.45, 7) is 0. The number of methoxy groups -OCH3 is 4. The molecule has 0 saturated carbocycles. The van der Waals surface area contributed by atoms with Gasteiger partial charge in [-0.15, -0.1) is 0 Å². The summed E-state index contributed by atoms with van der Waals surface area (Å²) >= 11 is 6.90. The number of anilines is 2. The molecule has 0 bridgehead atoms. The molecule has 0 spiro atoms. The molecule has 0 saturated heterocycles. The van der Waals surface area contributed by atoms with Gasteiger partial charge in [0, 0.05) is 17.8 Å². The van der Waals surface area contributed by atoms with Crippen molar-refractivity contribution in [2.75, 3.05) is 33.8 Å². The molecule has 6 nitrogen and oxygen atoms in total. The lowest BCUT2D eigenvalue weighted by molar-refractivity contribution is 0.0601. The molecule has 8 heteroatoms. The summed E-state index contributed by atoms with van der Waals surface area (Å²) in [5, 5.41) is 3.19. The minimum Gasteiger partial charge on any atom is -0.494 e. The molecule has 0 heterocycles. The van der Waals surface area contributed by atoms with E-state index < -0.39 is 5.97 Å². The number of carbonyl (C=O) groups excluding carboxylic acids is 1. The topological polar surface area (TPSA) is 66.0 Å². The van der Waals surface area contributed by atoms with Gasteiger partial charge in [0.05, 0.1) is 48.6 Å². The second-order valence-corrected chi connectivity index (χ2v) is 6.55. The Morgan fingerprint density at radius 3 is 1.92 bits per heavy atom. The Balaban J connectivity index is 2.52. The normalized spacial score (nSPS) is 10.2. The van der Waals surface area contributed by atoms with Crippen LogP contribution in [0.3, 0.4) is 0 Å². The van der Waals surface area contributed by atoms with Gasteiger partial charge in [0.2, 0.25) is 0 Å². The Morgan fingerprint density at radius 1 is 0.880 bits per heavy atom. The monoisotopic (exact) mass is 473 g/mol. The first-order chi connectivity index (χ1) is 11.9. The van der Waals surface area contributed by atoms with Gasteiger partial charge in [0.1, 0.15) is 5.75 Å². The van der Waals surface area contributed by atoms with E-state index in [-0.39, 0.29) is 0 Å². The van der Waals surface area contributed by atoms with Crippen LogP contribution >= 0.6 is 31.9 Å². The highest BCUT2D eigenvalue weighted by Gasteiger charge is 2.18. The van der Waals surface area contributed by atoms with Crippen LogP contribution in [0.2, 0.25) is 0 Å². The average Bonchev–Trinajstić information content (AvgIpc) is 2.60. The van der Waals surface area contributed by atoms with Crippen LogP contribution in [0.25, 0.3) is 0 Å². The quantitative estimate of drug-likeness (QED) is 0.608. The molecule has 0 aliphatic heterocycles. The van der Waals surface area contributed by atoms with E-state index in [9.17, 15) is 4.79 Å². The fourth-order valence-electron chi connectivity index (χ4n) is 2.24. The van der Waals surface area contributed by atoms with E-state index in [1.54, 1.807) is 19.2 Å². The van der Waals surface area contributed by atoms with Crippen LogP contribution < -0.4 is 19.5 Å². The Bertz CT molecular complexity index is 772. The van der Waals surface area contributed by atoms with Crippen LogP contribution in [0.5, 0.6) is 17.2 Å². The number of nitrogens with one attached hydrogen (secondary N) is 1. The van der Waals surface area contributed by atoms with E-state index in [2.05, 4.69) is 37.2 Å². The summed E-state index contributed by atoms with van der Waals surface area (Å²) in [6, 6.07) is 6.92. The lowest BCUT2D eigenvalue weighted by Gasteiger charge is -2.16. The van der Waals surface area contributed by atoms with Crippen molar-refractivity contribution in [3.05, 3.63) is 38.8 Å². The number of rotatable bonds is 6. The molecular weight excluding hydrogens is 458 g/mol. The number of carbonyl (C=O) groups is 1. The number of hydrogen-bond acceptors (Lipinski definition) is 6. The molecule has 0 aromatic heterocycles. The minimum absolute atomic E-state index is 0.322. The highest BCUT2D eigenvalue weighted by atomic mass is 79.9. The van der Waals surface area contributed by atoms with Gasteiger partial charge >= 0.3 is 5.97 Å². The summed E-state index contributed by atoms with van der Waals surface area (Å²) in [5.41, 5.74) is 1.58.